The van der Waals surface area contributed by atoms with E-state index in [9.17, 15) is 0 Å². The molecule has 0 saturated heterocycles. The first-order valence-corrected chi connectivity index (χ1v) is 9.37. The van der Waals surface area contributed by atoms with Crippen LogP contribution in [0.3, 0.4) is 0 Å². The highest BCUT2D eigenvalue weighted by Gasteiger charge is 2.08. The summed E-state index contributed by atoms with van der Waals surface area (Å²) in [5.41, 5.74) is 12.2. The van der Waals surface area contributed by atoms with Crippen molar-refractivity contribution in [1.29, 1.82) is 0 Å². The Morgan fingerprint density at radius 3 is 2.15 bits per heavy atom. The van der Waals surface area contributed by atoms with Crippen molar-refractivity contribution in [2.45, 2.75) is 33.2 Å². The first kappa shape index (κ1) is 21.3. The average Bonchev–Trinajstić information content (AvgIpc) is 3.21. The number of halogens is 1. The van der Waals surface area contributed by atoms with Crippen LogP contribution in [-0.4, -0.2) is 19.0 Å². The van der Waals surface area contributed by atoms with Gasteiger partial charge in [0.05, 0.1) is 6.54 Å². The van der Waals surface area contributed by atoms with Crippen molar-refractivity contribution in [3.63, 3.8) is 0 Å². The number of nitrogens with two attached hydrogens (primary N) is 1. The lowest BCUT2D eigenvalue weighted by Crippen LogP contribution is -2.24. The van der Waals surface area contributed by atoms with E-state index in [0.717, 1.165) is 37.2 Å². The SMILES string of the molecule is CCc1cccc(CC)c1NC(N)=NCc1ccc(N2CC=CC2)cc1.I. The van der Waals surface area contributed by atoms with E-state index in [1.54, 1.807) is 0 Å². The van der Waals surface area contributed by atoms with Gasteiger partial charge in [-0.15, -0.1) is 24.0 Å². The van der Waals surface area contributed by atoms with Crippen LogP contribution >= 0.6 is 24.0 Å². The molecule has 1 aliphatic rings. The molecule has 0 aliphatic carbocycles. The van der Waals surface area contributed by atoms with Gasteiger partial charge in [0.2, 0.25) is 0 Å². The molecule has 1 heterocycles. The van der Waals surface area contributed by atoms with Gasteiger partial charge in [-0.05, 0) is 41.7 Å². The molecule has 0 radical (unpaired) electrons. The summed E-state index contributed by atoms with van der Waals surface area (Å²) in [6.45, 7) is 6.87. The number of hydrogen-bond acceptors (Lipinski definition) is 2. The summed E-state index contributed by atoms with van der Waals surface area (Å²) in [4.78, 5) is 6.86. The summed E-state index contributed by atoms with van der Waals surface area (Å²) in [6, 6.07) is 14.9. The third-order valence-electron chi connectivity index (χ3n) is 4.80. The number of nitrogens with one attached hydrogen (secondary N) is 1. The van der Waals surface area contributed by atoms with Crippen LogP contribution in [0.25, 0.3) is 0 Å². The van der Waals surface area contributed by atoms with Crippen molar-refractivity contribution in [1.82, 2.24) is 0 Å². The van der Waals surface area contributed by atoms with E-state index in [1.807, 2.05) is 0 Å². The van der Waals surface area contributed by atoms with Crippen LogP contribution in [0.4, 0.5) is 11.4 Å². The predicted molar refractivity (Wildman–Crippen MR) is 127 cm³/mol. The summed E-state index contributed by atoms with van der Waals surface area (Å²) >= 11 is 0. The van der Waals surface area contributed by atoms with E-state index in [1.165, 1.54) is 16.8 Å². The molecule has 144 valence electrons. The number of rotatable bonds is 6. The maximum absolute atomic E-state index is 6.15. The number of guanidine groups is 1. The first-order valence-electron chi connectivity index (χ1n) is 9.37. The molecule has 3 rings (SSSR count). The topological polar surface area (TPSA) is 53.6 Å². The van der Waals surface area contributed by atoms with E-state index in [4.69, 9.17) is 5.73 Å². The first-order chi connectivity index (χ1) is 12.7. The third kappa shape index (κ3) is 5.48. The zero-order valence-electron chi connectivity index (χ0n) is 16.1. The average molecular weight is 476 g/mol. The van der Waals surface area contributed by atoms with Gasteiger partial charge in [0.1, 0.15) is 0 Å². The fourth-order valence-electron chi connectivity index (χ4n) is 3.25. The molecule has 2 aromatic rings. The molecule has 0 aromatic heterocycles. The van der Waals surface area contributed by atoms with E-state index >= 15 is 0 Å². The van der Waals surface area contributed by atoms with Crippen molar-refractivity contribution in [3.8, 4) is 0 Å². The monoisotopic (exact) mass is 476 g/mol. The van der Waals surface area contributed by atoms with Crippen molar-refractivity contribution in [2.75, 3.05) is 23.3 Å². The molecule has 0 atom stereocenters. The Morgan fingerprint density at radius 1 is 1.00 bits per heavy atom. The molecule has 0 bridgehead atoms. The van der Waals surface area contributed by atoms with E-state index < -0.39 is 0 Å². The minimum atomic E-state index is 0. The van der Waals surface area contributed by atoms with Crippen LogP contribution in [0.2, 0.25) is 0 Å². The Hall–Kier alpha value is -2.02. The van der Waals surface area contributed by atoms with Crippen LogP contribution in [0.5, 0.6) is 0 Å². The van der Waals surface area contributed by atoms with Gasteiger partial charge in [-0.1, -0.05) is 56.3 Å². The van der Waals surface area contributed by atoms with Gasteiger partial charge >= 0.3 is 0 Å². The molecule has 5 heteroatoms. The Bertz CT molecular complexity index is 766. The maximum Gasteiger partial charge on any atom is 0.193 e. The van der Waals surface area contributed by atoms with Gasteiger partial charge in [-0.25, -0.2) is 4.99 Å². The number of anilines is 2. The van der Waals surface area contributed by atoms with Gasteiger partial charge in [-0.2, -0.15) is 0 Å². The number of hydrogen-bond donors (Lipinski definition) is 2. The van der Waals surface area contributed by atoms with Gasteiger partial charge in [0.25, 0.3) is 0 Å². The van der Waals surface area contributed by atoms with Crippen LogP contribution in [0, 0.1) is 0 Å². The second-order valence-electron chi connectivity index (χ2n) is 6.53. The smallest absolute Gasteiger partial charge is 0.193 e. The minimum absolute atomic E-state index is 0. The molecule has 27 heavy (non-hydrogen) atoms. The Morgan fingerprint density at radius 2 is 1.59 bits per heavy atom. The van der Waals surface area contributed by atoms with Crippen LogP contribution < -0.4 is 16.0 Å². The quantitative estimate of drug-likeness (QED) is 0.274. The van der Waals surface area contributed by atoms with Gasteiger partial charge < -0.3 is 16.0 Å². The van der Waals surface area contributed by atoms with Gasteiger partial charge in [-0.3, -0.25) is 0 Å². The summed E-state index contributed by atoms with van der Waals surface area (Å²) in [6.07, 6.45) is 6.33. The van der Waals surface area contributed by atoms with Crippen LogP contribution in [-0.2, 0) is 19.4 Å². The Labute approximate surface area is 179 Å². The van der Waals surface area contributed by atoms with Crippen molar-refractivity contribution >= 4 is 41.3 Å². The highest BCUT2D eigenvalue weighted by atomic mass is 127. The summed E-state index contributed by atoms with van der Waals surface area (Å²) < 4.78 is 0. The number of nitrogens with zero attached hydrogens (tertiary/aromatic N) is 2. The fraction of sp³-hybridized carbons (Fsp3) is 0.318. The summed E-state index contributed by atoms with van der Waals surface area (Å²) in [5.74, 6) is 0.466. The second-order valence-corrected chi connectivity index (χ2v) is 6.53. The molecule has 4 nitrogen and oxygen atoms in total. The molecule has 0 spiro atoms. The fourth-order valence-corrected chi connectivity index (χ4v) is 3.25. The third-order valence-corrected chi connectivity index (χ3v) is 4.80. The van der Waals surface area contributed by atoms with Crippen molar-refractivity contribution in [3.05, 3.63) is 71.3 Å². The maximum atomic E-state index is 6.15. The van der Waals surface area contributed by atoms with Crippen molar-refractivity contribution < 1.29 is 0 Å². The molecule has 2 aromatic carbocycles. The molecule has 1 aliphatic heterocycles. The number of benzene rings is 2. The number of aryl methyl sites for hydroxylation is 2. The lowest BCUT2D eigenvalue weighted by atomic mass is 10.0. The zero-order valence-corrected chi connectivity index (χ0v) is 18.4. The highest BCUT2D eigenvalue weighted by Crippen LogP contribution is 2.22. The standard InChI is InChI=1S/C22H28N4.HI/c1-3-18-8-7-9-19(4-2)21(18)25-22(23)24-16-17-10-12-20(13-11-17)26-14-5-6-15-26;/h5-13H,3-4,14-16H2,1-2H3,(H3,23,24,25);1H. The molecule has 0 unspecified atom stereocenters. The molecule has 0 amide bonds. The number of para-hydroxylation sites is 1. The molecular weight excluding hydrogens is 447 g/mol. The van der Waals surface area contributed by atoms with E-state index in [-0.39, 0.29) is 24.0 Å². The lowest BCUT2D eigenvalue weighted by Gasteiger charge is -2.17. The normalized spacial score (nSPS) is 13.6. The largest absolute Gasteiger partial charge is 0.370 e. The second kappa shape index (κ2) is 10.3. The summed E-state index contributed by atoms with van der Waals surface area (Å²) in [5, 5.41) is 3.32. The minimum Gasteiger partial charge on any atom is -0.370 e. The van der Waals surface area contributed by atoms with E-state index in [0.29, 0.717) is 12.5 Å². The Balaban J connectivity index is 0.00000261. The summed E-state index contributed by atoms with van der Waals surface area (Å²) in [7, 11) is 0. The van der Waals surface area contributed by atoms with Crippen LogP contribution in [0.15, 0.2) is 59.6 Å². The number of aliphatic imine (C=N–C) groups is 1. The highest BCUT2D eigenvalue weighted by molar-refractivity contribution is 14.0. The van der Waals surface area contributed by atoms with Gasteiger partial charge in [0.15, 0.2) is 5.96 Å². The molecular formula is C22H29IN4. The van der Waals surface area contributed by atoms with Gasteiger partial charge in [0, 0.05) is 24.5 Å². The Kier molecular flexibility index (Phi) is 8.16. The molecule has 0 saturated carbocycles. The van der Waals surface area contributed by atoms with Crippen LogP contribution in [0.1, 0.15) is 30.5 Å². The van der Waals surface area contributed by atoms with Crippen molar-refractivity contribution in [2.24, 2.45) is 10.7 Å². The zero-order chi connectivity index (χ0) is 18.4. The van der Waals surface area contributed by atoms with E-state index in [2.05, 4.69) is 83.7 Å². The predicted octanol–water partition coefficient (Wildman–Crippen LogP) is 4.73. The molecule has 0 fully saturated rings. The molecule has 3 N–H and O–H groups in total. The lowest BCUT2D eigenvalue weighted by molar-refractivity contribution is 0.999.